The van der Waals surface area contributed by atoms with Crippen LogP contribution in [0.25, 0.3) is 0 Å². The molecule has 0 fully saturated rings. The lowest BCUT2D eigenvalue weighted by molar-refractivity contribution is -0.137. The molecule has 0 bridgehead atoms. The summed E-state index contributed by atoms with van der Waals surface area (Å²) in [4.78, 5) is 21.8. The molecule has 1 rings (SSSR count). The molecule has 2 N–H and O–H groups in total. The predicted octanol–water partition coefficient (Wildman–Crippen LogP) is 2.18. The Bertz CT molecular complexity index is 437. The van der Waals surface area contributed by atoms with E-state index in [1.165, 1.54) is 18.2 Å². The van der Waals surface area contributed by atoms with Gasteiger partial charge < -0.3 is 10.4 Å². The third kappa shape index (κ3) is 4.52. The summed E-state index contributed by atoms with van der Waals surface area (Å²) >= 11 is 2.98. The Balaban J connectivity index is 2.47. The lowest BCUT2D eigenvalue weighted by Gasteiger charge is -2.04. The number of benzene rings is 1. The van der Waals surface area contributed by atoms with E-state index in [-0.39, 0.29) is 23.3 Å². The van der Waals surface area contributed by atoms with E-state index in [9.17, 15) is 14.0 Å². The maximum atomic E-state index is 12.9. The van der Waals surface area contributed by atoms with Gasteiger partial charge in [-0.3, -0.25) is 9.59 Å². The number of rotatable bonds is 5. The van der Waals surface area contributed by atoms with Crippen molar-refractivity contribution in [2.75, 3.05) is 6.54 Å². The summed E-state index contributed by atoms with van der Waals surface area (Å²) in [6.07, 6.45) is 0.372. The van der Waals surface area contributed by atoms with Crippen LogP contribution in [0.1, 0.15) is 23.2 Å². The number of aliphatic carboxylic acids is 1. The van der Waals surface area contributed by atoms with E-state index < -0.39 is 11.8 Å². The van der Waals surface area contributed by atoms with Crippen molar-refractivity contribution >= 4 is 27.8 Å². The Labute approximate surface area is 106 Å². The van der Waals surface area contributed by atoms with Gasteiger partial charge in [0.25, 0.3) is 5.91 Å². The second-order valence-electron chi connectivity index (χ2n) is 3.38. The van der Waals surface area contributed by atoms with Crippen molar-refractivity contribution < 1.29 is 19.1 Å². The Morgan fingerprint density at radius 2 is 2.12 bits per heavy atom. The molecule has 0 saturated heterocycles. The van der Waals surface area contributed by atoms with E-state index in [1.807, 2.05) is 0 Å². The van der Waals surface area contributed by atoms with Crippen molar-refractivity contribution in [3.63, 3.8) is 0 Å². The first-order valence-electron chi connectivity index (χ1n) is 4.95. The van der Waals surface area contributed by atoms with Gasteiger partial charge in [0.2, 0.25) is 0 Å². The molecule has 0 unspecified atom stereocenters. The van der Waals surface area contributed by atoms with Crippen molar-refractivity contribution in [3.05, 3.63) is 34.1 Å². The molecular formula is C11H11BrFNO3. The van der Waals surface area contributed by atoms with Gasteiger partial charge in [-0.25, -0.2) is 4.39 Å². The summed E-state index contributed by atoms with van der Waals surface area (Å²) < 4.78 is 13.1. The van der Waals surface area contributed by atoms with E-state index in [0.29, 0.717) is 12.0 Å². The first-order chi connectivity index (χ1) is 8.00. The van der Waals surface area contributed by atoms with Crippen molar-refractivity contribution in [3.8, 4) is 0 Å². The van der Waals surface area contributed by atoms with Crippen molar-refractivity contribution in [2.24, 2.45) is 0 Å². The second-order valence-corrected chi connectivity index (χ2v) is 4.24. The minimum absolute atomic E-state index is 0.00733. The van der Waals surface area contributed by atoms with Crippen LogP contribution < -0.4 is 5.32 Å². The third-order valence-corrected chi connectivity index (χ3v) is 2.64. The van der Waals surface area contributed by atoms with E-state index in [0.717, 1.165) is 0 Å². The average molecular weight is 304 g/mol. The molecule has 0 atom stereocenters. The van der Waals surface area contributed by atoms with Crippen molar-refractivity contribution in [1.82, 2.24) is 5.32 Å². The lowest BCUT2D eigenvalue weighted by Crippen LogP contribution is -2.24. The number of nitrogens with one attached hydrogen (secondary N) is 1. The number of carbonyl (C=O) groups excluding carboxylic acids is 1. The van der Waals surface area contributed by atoms with Gasteiger partial charge in [0, 0.05) is 18.5 Å². The molecule has 0 saturated carbocycles. The first kappa shape index (κ1) is 13.6. The van der Waals surface area contributed by atoms with Gasteiger partial charge in [-0.2, -0.15) is 0 Å². The molecule has 92 valence electrons. The quantitative estimate of drug-likeness (QED) is 0.819. The summed E-state index contributed by atoms with van der Waals surface area (Å²) in [5.41, 5.74) is 0.327. The van der Waals surface area contributed by atoms with E-state index in [4.69, 9.17) is 5.11 Å². The van der Waals surface area contributed by atoms with E-state index >= 15 is 0 Å². The number of halogens is 2. The van der Waals surface area contributed by atoms with Gasteiger partial charge in [0.1, 0.15) is 5.82 Å². The normalized spacial score (nSPS) is 10.0. The molecule has 0 aliphatic carbocycles. The molecule has 0 spiro atoms. The molecule has 0 aromatic heterocycles. The molecule has 0 radical (unpaired) electrons. The highest BCUT2D eigenvalue weighted by molar-refractivity contribution is 9.10. The zero-order valence-corrected chi connectivity index (χ0v) is 10.5. The van der Waals surface area contributed by atoms with Gasteiger partial charge in [-0.1, -0.05) is 0 Å². The molecule has 0 aliphatic heterocycles. The summed E-state index contributed by atoms with van der Waals surface area (Å²) in [7, 11) is 0. The van der Waals surface area contributed by atoms with Crippen LogP contribution in [0.4, 0.5) is 4.39 Å². The van der Waals surface area contributed by atoms with Crippen LogP contribution in [0.3, 0.4) is 0 Å². The van der Waals surface area contributed by atoms with Crippen LogP contribution in [0, 0.1) is 5.82 Å². The van der Waals surface area contributed by atoms with Crippen LogP contribution in [-0.2, 0) is 4.79 Å². The molecular weight excluding hydrogens is 293 g/mol. The number of carboxylic acids is 1. The first-order valence-corrected chi connectivity index (χ1v) is 5.75. The maximum Gasteiger partial charge on any atom is 0.303 e. The minimum atomic E-state index is -0.899. The largest absolute Gasteiger partial charge is 0.481 e. The zero-order chi connectivity index (χ0) is 12.8. The zero-order valence-electron chi connectivity index (χ0n) is 8.87. The second kappa shape index (κ2) is 6.34. The number of hydrogen-bond acceptors (Lipinski definition) is 2. The monoisotopic (exact) mass is 303 g/mol. The molecule has 6 heteroatoms. The molecule has 1 amide bonds. The SMILES string of the molecule is O=C(O)CCCNC(=O)c1ccc(F)c(Br)c1. The summed E-state index contributed by atoms with van der Waals surface area (Å²) in [5, 5.41) is 11.0. The average Bonchev–Trinajstić information content (AvgIpc) is 2.27. The van der Waals surface area contributed by atoms with Crippen LogP contribution in [0.5, 0.6) is 0 Å². The molecule has 0 heterocycles. The van der Waals surface area contributed by atoms with Gasteiger partial charge >= 0.3 is 5.97 Å². The van der Waals surface area contributed by atoms with E-state index in [2.05, 4.69) is 21.2 Å². The fourth-order valence-electron chi connectivity index (χ4n) is 1.18. The van der Waals surface area contributed by atoms with Crippen LogP contribution >= 0.6 is 15.9 Å². The Hall–Kier alpha value is -1.43. The minimum Gasteiger partial charge on any atom is -0.481 e. The molecule has 0 aliphatic rings. The standard InChI is InChI=1S/C11H11BrFNO3/c12-8-6-7(3-4-9(8)13)11(17)14-5-1-2-10(15)16/h3-4,6H,1-2,5H2,(H,14,17)(H,15,16). The van der Waals surface area contributed by atoms with Gasteiger partial charge in [0.15, 0.2) is 0 Å². The van der Waals surface area contributed by atoms with Crippen molar-refractivity contribution in [2.45, 2.75) is 12.8 Å². The molecule has 4 nitrogen and oxygen atoms in total. The molecule has 1 aromatic carbocycles. The van der Waals surface area contributed by atoms with E-state index in [1.54, 1.807) is 0 Å². The van der Waals surface area contributed by atoms with Crippen LogP contribution in [-0.4, -0.2) is 23.5 Å². The Morgan fingerprint density at radius 1 is 1.41 bits per heavy atom. The summed E-state index contributed by atoms with van der Waals surface area (Å²) in [5.74, 6) is -1.69. The lowest BCUT2D eigenvalue weighted by atomic mass is 10.2. The maximum absolute atomic E-state index is 12.9. The van der Waals surface area contributed by atoms with Crippen LogP contribution in [0.15, 0.2) is 22.7 Å². The summed E-state index contributed by atoms with van der Waals surface area (Å²) in [6, 6.07) is 3.94. The highest BCUT2D eigenvalue weighted by Gasteiger charge is 2.08. The summed E-state index contributed by atoms with van der Waals surface area (Å²) in [6.45, 7) is 0.278. The smallest absolute Gasteiger partial charge is 0.303 e. The topological polar surface area (TPSA) is 66.4 Å². The Kier molecular flexibility index (Phi) is 5.09. The highest BCUT2D eigenvalue weighted by Crippen LogP contribution is 2.16. The van der Waals surface area contributed by atoms with Crippen molar-refractivity contribution in [1.29, 1.82) is 0 Å². The number of hydrogen-bond donors (Lipinski definition) is 2. The number of carboxylic acid groups (broad SMARTS) is 1. The third-order valence-electron chi connectivity index (χ3n) is 2.03. The van der Waals surface area contributed by atoms with Gasteiger partial charge in [0.05, 0.1) is 4.47 Å². The van der Waals surface area contributed by atoms with Crippen LogP contribution in [0.2, 0.25) is 0 Å². The fourth-order valence-corrected chi connectivity index (χ4v) is 1.56. The highest BCUT2D eigenvalue weighted by atomic mass is 79.9. The Morgan fingerprint density at radius 3 is 2.71 bits per heavy atom. The van der Waals surface area contributed by atoms with Gasteiger partial charge in [-0.15, -0.1) is 0 Å². The fraction of sp³-hybridized carbons (Fsp3) is 0.273. The number of carbonyl (C=O) groups is 2. The molecule has 17 heavy (non-hydrogen) atoms. The van der Waals surface area contributed by atoms with Gasteiger partial charge in [-0.05, 0) is 40.5 Å². The predicted molar refractivity (Wildman–Crippen MR) is 63.3 cm³/mol. The molecule has 1 aromatic rings. The number of amides is 1.